The average molecular weight is 258 g/mol. The zero-order valence-electron chi connectivity index (χ0n) is 12.2. The molecule has 1 aromatic carbocycles. The third-order valence-corrected chi connectivity index (χ3v) is 3.56. The maximum Gasteiger partial charge on any atom is 0.0691 e. The van der Waals surface area contributed by atoms with Crippen molar-refractivity contribution < 1.29 is 0 Å². The number of terminal acetylenes is 1. The van der Waals surface area contributed by atoms with Gasteiger partial charge in [0, 0.05) is 12.1 Å². The maximum absolute atomic E-state index is 5.94. The van der Waals surface area contributed by atoms with Crippen LogP contribution in [0.2, 0.25) is 0 Å². The summed E-state index contributed by atoms with van der Waals surface area (Å²) in [6.07, 6.45) is 9.67. The summed E-state index contributed by atoms with van der Waals surface area (Å²) in [6.45, 7) is 4.91. The van der Waals surface area contributed by atoms with Gasteiger partial charge in [-0.3, -0.25) is 5.32 Å². The zero-order chi connectivity index (χ0) is 14.1. The van der Waals surface area contributed by atoms with Crippen LogP contribution < -0.4 is 11.1 Å². The summed E-state index contributed by atoms with van der Waals surface area (Å²) in [7, 11) is 0. The van der Waals surface area contributed by atoms with Gasteiger partial charge in [-0.1, -0.05) is 49.6 Å². The van der Waals surface area contributed by atoms with Crippen molar-refractivity contribution in [3.05, 3.63) is 35.9 Å². The van der Waals surface area contributed by atoms with Gasteiger partial charge in [0.2, 0.25) is 0 Å². The van der Waals surface area contributed by atoms with E-state index in [2.05, 4.69) is 49.4 Å². The lowest BCUT2D eigenvalue weighted by molar-refractivity contribution is 0.313. The van der Waals surface area contributed by atoms with E-state index in [9.17, 15) is 0 Å². The summed E-state index contributed by atoms with van der Waals surface area (Å²) >= 11 is 0. The zero-order valence-corrected chi connectivity index (χ0v) is 12.2. The van der Waals surface area contributed by atoms with Crippen LogP contribution in [0, 0.1) is 12.3 Å². The van der Waals surface area contributed by atoms with Crippen molar-refractivity contribution in [2.45, 2.75) is 51.1 Å². The van der Waals surface area contributed by atoms with Gasteiger partial charge >= 0.3 is 0 Å². The number of benzene rings is 1. The Morgan fingerprint density at radius 2 is 2.05 bits per heavy atom. The van der Waals surface area contributed by atoms with E-state index in [4.69, 9.17) is 12.2 Å². The lowest BCUT2D eigenvalue weighted by atomic mass is 9.91. The molecule has 0 radical (unpaired) electrons. The standard InChI is InChI=1S/C17H26N2/c1-4-9-16(5-2)19-17(3,14-18)13-12-15-10-7-6-8-11-15/h2,6-8,10-11,16,19H,4,9,12-14,18H2,1,3H3. The minimum Gasteiger partial charge on any atom is -0.329 e. The summed E-state index contributed by atoms with van der Waals surface area (Å²) in [5.74, 6) is 2.82. The highest BCUT2D eigenvalue weighted by Gasteiger charge is 2.24. The normalized spacial score (nSPS) is 15.5. The Bertz CT molecular complexity index is 393. The molecule has 2 heteroatoms. The summed E-state index contributed by atoms with van der Waals surface area (Å²) in [5.41, 5.74) is 7.19. The van der Waals surface area contributed by atoms with Crippen molar-refractivity contribution in [2.75, 3.05) is 6.54 Å². The first kappa shape index (κ1) is 15.8. The lowest BCUT2D eigenvalue weighted by Gasteiger charge is -2.32. The minimum atomic E-state index is -0.0952. The highest BCUT2D eigenvalue weighted by atomic mass is 15.0. The third-order valence-electron chi connectivity index (χ3n) is 3.56. The molecule has 2 unspecified atom stereocenters. The van der Waals surface area contributed by atoms with E-state index in [-0.39, 0.29) is 11.6 Å². The van der Waals surface area contributed by atoms with Crippen molar-refractivity contribution >= 4 is 0 Å². The Balaban J connectivity index is 2.57. The van der Waals surface area contributed by atoms with E-state index in [0.717, 1.165) is 25.7 Å². The number of rotatable bonds is 8. The van der Waals surface area contributed by atoms with Crippen LogP contribution >= 0.6 is 0 Å². The Morgan fingerprint density at radius 1 is 1.37 bits per heavy atom. The Kier molecular flexibility index (Phi) is 6.62. The van der Waals surface area contributed by atoms with E-state index in [1.54, 1.807) is 0 Å². The van der Waals surface area contributed by atoms with Gasteiger partial charge in [-0.25, -0.2) is 0 Å². The molecular weight excluding hydrogens is 232 g/mol. The number of hydrogen-bond acceptors (Lipinski definition) is 2. The first-order valence-corrected chi connectivity index (χ1v) is 7.11. The Hall–Kier alpha value is -1.30. The SMILES string of the molecule is C#CC(CCC)NC(C)(CN)CCc1ccccc1. The first-order chi connectivity index (χ1) is 9.13. The molecule has 1 aromatic rings. The van der Waals surface area contributed by atoms with Crippen LogP contribution in [-0.2, 0) is 6.42 Å². The first-order valence-electron chi connectivity index (χ1n) is 7.11. The number of nitrogens with one attached hydrogen (secondary N) is 1. The van der Waals surface area contributed by atoms with E-state index in [0.29, 0.717) is 6.54 Å². The quantitative estimate of drug-likeness (QED) is 0.704. The molecule has 19 heavy (non-hydrogen) atoms. The van der Waals surface area contributed by atoms with Crippen LogP contribution in [0.1, 0.15) is 38.7 Å². The minimum absolute atomic E-state index is 0.0952. The fraction of sp³-hybridized carbons (Fsp3) is 0.529. The van der Waals surface area contributed by atoms with Crippen LogP contribution in [0.15, 0.2) is 30.3 Å². The fourth-order valence-corrected chi connectivity index (χ4v) is 2.20. The molecule has 0 spiro atoms. The van der Waals surface area contributed by atoms with E-state index in [1.165, 1.54) is 5.56 Å². The second-order valence-electron chi connectivity index (χ2n) is 5.40. The average Bonchev–Trinajstić information content (AvgIpc) is 2.46. The van der Waals surface area contributed by atoms with Crippen LogP contribution in [0.4, 0.5) is 0 Å². The number of nitrogens with two attached hydrogens (primary N) is 1. The largest absolute Gasteiger partial charge is 0.329 e. The van der Waals surface area contributed by atoms with Gasteiger partial charge in [-0.2, -0.15) is 0 Å². The van der Waals surface area contributed by atoms with Crippen molar-refractivity contribution in [1.29, 1.82) is 0 Å². The molecule has 2 atom stereocenters. The molecule has 1 rings (SSSR count). The van der Waals surface area contributed by atoms with Crippen LogP contribution in [0.5, 0.6) is 0 Å². The van der Waals surface area contributed by atoms with E-state index >= 15 is 0 Å². The predicted octanol–water partition coefficient (Wildman–Crippen LogP) is 2.73. The predicted molar refractivity (Wildman–Crippen MR) is 82.9 cm³/mol. The van der Waals surface area contributed by atoms with E-state index < -0.39 is 0 Å². The molecule has 0 aliphatic rings. The summed E-state index contributed by atoms with van der Waals surface area (Å²) in [4.78, 5) is 0. The second kappa shape index (κ2) is 7.99. The van der Waals surface area contributed by atoms with Gasteiger partial charge in [0.25, 0.3) is 0 Å². The topological polar surface area (TPSA) is 38.0 Å². The molecular formula is C17H26N2. The fourth-order valence-electron chi connectivity index (χ4n) is 2.20. The third kappa shape index (κ3) is 5.46. The van der Waals surface area contributed by atoms with Gasteiger partial charge in [0.1, 0.15) is 0 Å². The highest BCUT2D eigenvalue weighted by Crippen LogP contribution is 2.15. The summed E-state index contributed by atoms with van der Waals surface area (Å²) in [5, 5.41) is 3.54. The van der Waals surface area contributed by atoms with Gasteiger partial charge in [0.05, 0.1) is 6.04 Å². The van der Waals surface area contributed by atoms with Gasteiger partial charge in [-0.05, 0) is 31.7 Å². The highest BCUT2D eigenvalue weighted by molar-refractivity contribution is 5.15. The Morgan fingerprint density at radius 3 is 2.58 bits per heavy atom. The van der Waals surface area contributed by atoms with Crippen LogP contribution in [-0.4, -0.2) is 18.1 Å². The van der Waals surface area contributed by atoms with Crippen molar-refractivity contribution in [3.63, 3.8) is 0 Å². The molecule has 0 aliphatic carbocycles. The molecule has 0 heterocycles. The van der Waals surface area contributed by atoms with Gasteiger partial charge < -0.3 is 5.73 Å². The van der Waals surface area contributed by atoms with Crippen molar-refractivity contribution in [2.24, 2.45) is 5.73 Å². The van der Waals surface area contributed by atoms with Crippen molar-refractivity contribution in [1.82, 2.24) is 5.32 Å². The smallest absolute Gasteiger partial charge is 0.0691 e. The molecule has 0 saturated carbocycles. The van der Waals surface area contributed by atoms with Crippen LogP contribution in [0.25, 0.3) is 0 Å². The monoisotopic (exact) mass is 258 g/mol. The van der Waals surface area contributed by atoms with Gasteiger partial charge in [-0.15, -0.1) is 6.42 Å². The molecule has 3 N–H and O–H groups in total. The molecule has 0 aromatic heterocycles. The molecule has 0 aliphatic heterocycles. The molecule has 0 bridgehead atoms. The van der Waals surface area contributed by atoms with E-state index in [1.807, 2.05) is 6.07 Å². The Labute approximate surface area is 117 Å². The van der Waals surface area contributed by atoms with Crippen LogP contribution in [0.3, 0.4) is 0 Å². The number of hydrogen-bond donors (Lipinski definition) is 2. The summed E-state index contributed by atoms with van der Waals surface area (Å²) < 4.78 is 0. The molecule has 2 nitrogen and oxygen atoms in total. The lowest BCUT2D eigenvalue weighted by Crippen LogP contribution is -2.53. The van der Waals surface area contributed by atoms with Crippen molar-refractivity contribution in [3.8, 4) is 12.3 Å². The molecule has 0 fully saturated rings. The molecule has 104 valence electrons. The molecule has 0 amide bonds. The van der Waals surface area contributed by atoms with Gasteiger partial charge in [0.15, 0.2) is 0 Å². The molecule has 0 saturated heterocycles. The number of aryl methyl sites for hydroxylation is 1. The summed E-state index contributed by atoms with van der Waals surface area (Å²) in [6, 6.07) is 10.6. The maximum atomic E-state index is 5.94. The second-order valence-corrected chi connectivity index (χ2v) is 5.40.